The lowest BCUT2D eigenvalue weighted by Crippen LogP contribution is -2.26. The lowest BCUT2D eigenvalue weighted by Gasteiger charge is -2.33. The molecular formula is C23H28N4OS2. The number of nitrogens with zero attached hydrogens (tertiary/aromatic N) is 2. The van der Waals surface area contributed by atoms with Crippen molar-refractivity contribution in [1.82, 2.24) is 15.3 Å². The maximum atomic E-state index is 12.2. The van der Waals surface area contributed by atoms with E-state index in [0.717, 1.165) is 28.6 Å². The highest BCUT2D eigenvalue weighted by atomic mass is 32.2. The van der Waals surface area contributed by atoms with Crippen LogP contribution in [-0.4, -0.2) is 21.6 Å². The number of aromatic nitrogens is 2. The van der Waals surface area contributed by atoms with Crippen molar-refractivity contribution in [3.05, 3.63) is 46.3 Å². The Morgan fingerprint density at radius 2 is 2.03 bits per heavy atom. The zero-order valence-electron chi connectivity index (χ0n) is 17.7. The van der Waals surface area contributed by atoms with Gasteiger partial charge in [0.25, 0.3) is 0 Å². The maximum absolute atomic E-state index is 12.2. The van der Waals surface area contributed by atoms with Crippen LogP contribution in [0, 0.1) is 11.3 Å². The van der Waals surface area contributed by atoms with Crippen LogP contribution in [0.25, 0.3) is 10.2 Å². The number of nitrogen functional groups attached to an aromatic ring is 1. The van der Waals surface area contributed by atoms with E-state index in [1.54, 1.807) is 11.3 Å². The number of fused-ring (bicyclic) bond motifs is 3. The molecule has 0 radical (unpaired) electrons. The van der Waals surface area contributed by atoms with Gasteiger partial charge in [-0.05, 0) is 41.7 Å². The van der Waals surface area contributed by atoms with E-state index in [1.807, 2.05) is 30.3 Å². The monoisotopic (exact) mass is 440 g/mol. The van der Waals surface area contributed by atoms with Gasteiger partial charge >= 0.3 is 0 Å². The summed E-state index contributed by atoms with van der Waals surface area (Å²) in [6.07, 6.45) is 3.31. The fourth-order valence-corrected chi connectivity index (χ4v) is 6.01. The molecule has 2 aromatic heterocycles. The summed E-state index contributed by atoms with van der Waals surface area (Å²) in [5, 5.41) is 4.53. The lowest BCUT2D eigenvalue weighted by molar-refractivity contribution is -0.118. The number of carbonyl (C=O) groups is 1. The average Bonchev–Trinajstić information content (AvgIpc) is 3.09. The number of rotatable bonds is 5. The minimum atomic E-state index is -0.0374. The summed E-state index contributed by atoms with van der Waals surface area (Å²) in [6.45, 7) is 7.49. The number of hydrogen-bond acceptors (Lipinski definition) is 6. The van der Waals surface area contributed by atoms with Gasteiger partial charge in [-0.2, -0.15) is 0 Å². The van der Waals surface area contributed by atoms with E-state index in [0.29, 0.717) is 28.9 Å². The molecule has 0 aliphatic heterocycles. The normalized spacial score (nSPS) is 16.4. The first kappa shape index (κ1) is 21.1. The number of carbonyl (C=O) groups excluding carboxylic acids is 1. The molecular weight excluding hydrogens is 412 g/mol. The molecule has 7 heteroatoms. The third-order valence-electron chi connectivity index (χ3n) is 5.81. The van der Waals surface area contributed by atoms with Crippen molar-refractivity contribution in [3.8, 4) is 0 Å². The number of hydrogen-bond donors (Lipinski definition) is 2. The number of aryl methyl sites for hydroxylation is 1. The average molecular weight is 441 g/mol. The van der Waals surface area contributed by atoms with Crippen molar-refractivity contribution in [2.75, 3.05) is 11.5 Å². The van der Waals surface area contributed by atoms with Crippen LogP contribution in [0.5, 0.6) is 0 Å². The van der Waals surface area contributed by atoms with Crippen molar-refractivity contribution < 1.29 is 4.79 Å². The molecule has 30 heavy (non-hydrogen) atoms. The zero-order chi connectivity index (χ0) is 21.3. The van der Waals surface area contributed by atoms with E-state index in [1.165, 1.54) is 28.6 Å². The predicted octanol–water partition coefficient (Wildman–Crippen LogP) is 4.83. The summed E-state index contributed by atoms with van der Waals surface area (Å²) in [7, 11) is 0. The van der Waals surface area contributed by atoms with Gasteiger partial charge in [0.1, 0.15) is 10.6 Å². The molecule has 2 heterocycles. The molecule has 1 amide bonds. The summed E-state index contributed by atoms with van der Waals surface area (Å²) in [6, 6.07) is 9.88. The molecule has 0 spiro atoms. The second-order valence-corrected chi connectivity index (χ2v) is 11.0. The van der Waals surface area contributed by atoms with Crippen LogP contribution in [0.1, 0.15) is 43.2 Å². The van der Waals surface area contributed by atoms with Crippen molar-refractivity contribution in [2.24, 2.45) is 11.3 Å². The molecule has 4 rings (SSSR count). The van der Waals surface area contributed by atoms with Crippen molar-refractivity contribution >= 4 is 45.0 Å². The highest BCUT2D eigenvalue weighted by molar-refractivity contribution is 7.99. The molecule has 0 bridgehead atoms. The first-order chi connectivity index (χ1) is 14.3. The van der Waals surface area contributed by atoms with Crippen molar-refractivity contribution in [3.63, 3.8) is 0 Å². The van der Waals surface area contributed by atoms with Crippen molar-refractivity contribution in [1.29, 1.82) is 0 Å². The molecule has 1 aliphatic rings. The van der Waals surface area contributed by atoms with E-state index >= 15 is 0 Å². The quantitative estimate of drug-likeness (QED) is 0.439. The van der Waals surface area contributed by atoms with Crippen LogP contribution in [0.15, 0.2) is 35.5 Å². The van der Waals surface area contributed by atoms with Crippen LogP contribution < -0.4 is 11.1 Å². The molecule has 1 unspecified atom stereocenters. The summed E-state index contributed by atoms with van der Waals surface area (Å²) >= 11 is 3.08. The first-order valence-electron chi connectivity index (χ1n) is 10.3. The highest BCUT2D eigenvalue weighted by Gasteiger charge is 2.31. The third-order valence-corrected chi connectivity index (χ3v) is 7.80. The summed E-state index contributed by atoms with van der Waals surface area (Å²) in [5.41, 5.74) is 9.05. The molecule has 0 fully saturated rings. The van der Waals surface area contributed by atoms with Gasteiger partial charge in [-0.15, -0.1) is 11.3 Å². The Kier molecular flexibility index (Phi) is 6.02. The zero-order valence-corrected chi connectivity index (χ0v) is 19.3. The minimum absolute atomic E-state index is 0.0374. The van der Waals surface area contributed by atoms with Gasteiger partial charge in [0.05, 0.1) is 11.1 Å². The molecule has 158 valence electrons. The molecule has 1 atom stereocenters. The minimum Gasteiger partial charge on any atom is -0.383 e. The van der Waals surface area contributed by atoms with Gasteiger partial charge in [-0.3, -0.25) is 4.79 Å². The SMILES string of the molecule is CC(C)(C)C1CCc2c(sc3nc(SCC(=O)NCc4ccccc4)nc(N)c23)C1. The molecule has 1 aliphatic carbocycles. The van der Waals surface area contributed by atoms with E-state index in [9.17, 15) is 4.79 Å². The van der Waals surface area contributed by atoms with Crippen LogP contribution in [-0.2, 0) is 24.2 Å². The molecule has 5 nitrogen and oxygen atoms in total. The standard InChI is InChI=1S/C23H28N4OS2/c1-23(2,3)15-9-10-16-17(11-15)30-21-19(16)20(24)26-22(27-21)29-13-18(28)25-12-14-7-5-4-6-8-14/h4-8,15H,9-13H2,1-3H3,(H,25,28)(H2,24,26,27). The fraction of sp³-hybridized carbons (Fsp3) is 0.435. The van der Waals surface area contributed by atoms with E-state index in [-0.39, 0.29) is 11.7 Å². The van der Waals surface area contributed by atoms with Gasteiger partial charge in [0, 0.05) is 11.4 Å². The van der Waals surface area contributed by atoms with Crippen LogP contribution in [0.3, 0.4) is 0 Å². The maximum Gasteiger partial charge on any atom is 0.230 e. The predicted molar refractivity (Wildman–Crippen MR) is 126 cm³/mol. The van der Waals surface area contributed by atoms with Crippen LogP contribution in [0.4, 0.5) is 5.82 Å². The largest absolute Gasteiger partial charge is 0.383 e. The number of nitrogens with one attached hydrogen (secondary N) is 1. The number of nitrogens with two attached hydrogens (primary N) is 1. The number of amides is 1. The van der Waals surface area contributed by atoms with Gasteiger partial charge < -0.3 is 11.1 Å². The summed E-state index contributed by atoms with van der Waals surface area (Å²) in [4.78, 5) is 23.8. The Morgan fingerprint density at radius 1 is 1.27 bits per heavy atom. The van der Waals surface area contributed by atoms with Gasteiger partial charge in [0.2, 0.25) is 5.91 Å². The van der Waals surface area contributed by atoms with Crippen LogP contribution in [0.2, 0.25) is 0 Å². The van der Waals surface area contributed by atoms with Gasteiger partial charge in [-0.25, -0.2) is 9.97 Å². The lowest BCUT2D eigenvalue weighted by atomic mass is 9.72. The number of anilines is 1. The molecule has 0 saturated heterocycles. The Balaban J connectivity index is 1.44. The molecule has 3 aromatic rings. The number of thioether (sulfide) groups is 1. The van der Waals surface area contributed by atoms with E-state index in [4.69, 9.17) is 10.7 Å². The Labute approximate surface area is 185 Å². The molecule has 1 aromatic carbocycles. The van der Waals surface area contributed by atoms with E-state index < -0.39 is 0 Å². The topological polar surface area (TPSA) is 80.9 Å². The summed E-state index contributed by atoms with van der Waals surface area (Å²) < 4.78 is 0. The van der Waals surface area contributed by atoms with E-state index in [2.05, 4.69) is 31.1 Å². The van der Waals surface area contributed by atoms with Gasteiger partial charge in [0.15, 0.2) is 5.16 Å². The Hall–Kier alpha value is -2.12. The fourth-order valence-electron chi connectivity index (χ4n) is 3.97. The Morgan fingerprint density at radius 3 is 2.77 bits per heavy atom. The molecule has 0 saturated carbocycles. The Bertz CT molecular complexity index is 1060. The van der Waals surface area contributed by atoms with Gasteiger partial charge in [-0.1, -0.05) is 62.9 Å². The smallest absolute Gasteiger partial charge is 0.230 e. The van der Waals surface area contributed by atoms with Crippen molar-refractivity contribution in [2.45, 2.75) is 51.7 Å². The highest BCUT2D eigenvalue weighted by Crippen LogP contribution is 2.44. The second-order valence-electron chi connectivity index (χ2n) is 8.93. The number of thiophene rings is 1. The third kappa shape index (κ3) is 4.62. The second kappa shape index (κ2) is 8.55. The first-order valence-corrected chi connectivity index (χ1v) is 12.1. The van der Waals surface area contributed by atoms with Crippen LogP contribution >= 0.6 is 23.1 Å². The molecule has 3 N–H and O–H groups in total. The number of benzene rings is 1. The summed E-state index contributed by atoms with van der Waals surface area (Å²) in [5.74, 6) is 1.45.